The van der Waals surface area contributed by atoms with Crippen LogP contribution < -0.4 is 10.6 Å². The molecule has 1 aliphatic heterocycles. The molecule has 6 nitrogen and oxygen atoms in total. The monoisotopic (exact) mass is 449 g/mol. The predicted molar refractivity (Wildman–Crippen MR) is 114 cm³/mol. The number of rotatable bonds is 5. The minimum atomic E-state index is -0.548. The van der Waals surface area contributed by atoms with Gasteiger partial charge in [-0.05, 0) is 52.3 Å². The molecule has 156 valence electrons. The van der Waals surface area contributed by atoms with Gasteiger partial charge in [0.2, 0.25) is 5.91 Å². The van der Waals surface area contributed by atoms with E-state index in [0.717, 1.165) is 25.8 Å². The number of piperidine rings is 1. The molecule has 1 fully saturated rings. The highest BCUT2D eigenvalue weighted by molar-refractivity contribution is 6.42. The van der Waals surface area contributed by atoms with Crippen LogP contribution in [0.4, 0.5) is 10.5 Å². The molecule has 0 radical (unpaired) electrons. The van der Waals surface area contributed by atoms with Crippen LogP contribution in [-0.2, 0) is 9.53 Å². The Balaban J connectivity index is 1.93. The molecule has 1 aromatic carbocycles. The third kappa shape index (κ3) is 7.32. The molecule has 0 bridgehead atoms. The molecule has 1 saturated heterocycles. The Morgan fingerprint density at radius 1 is 1.18 bits per heavy atom. The van der Waals surface area contributed by atoms with Gasteiger partial charge in [0.15, 0.2) is 0 Å². The van der Waals surface area contributed by atoms with Gasteiger partial charge in [0.1, 0.15) is 5.60 Å². The average Bonchev–Trinajstić information content (AvgIpc) is 2.56. The normalized spacial score (nSPS) is 17.9. The third-order valence-corrected chi connectivity index (χ3v) is 5.06. The molecule has 0 saturated carbocycles. The van der Waals surface area contributed by atoms with E-state index in [1.54, 1.807) is 0 Å². The molecule has 0 spiro atoms. The SMILES string of the molecule is CC(C)(C)OC(=O)NCC1CCCCN1CC(=O)Nc1c(Cl)cc(Cl)cc1Cl. The second-order valence-electron chi connectivity index (χ2n) is 7.80. The molecule has 0 aliphatic carbocycles. The number of hydrogen-bond donors (Lipinski definition) is 2. The number of carbonyl (C=O) groups is 2. The van der Waals surface area contributed by atoms with Gasteiger partial charge in [-0.1, -0.05) is 41.2 Å². The van der Waals surface area contributed by atoms with E-state index >= 15 is 0 Å². The lowest BCUT2D eigenvalue weighted by molar-refractivity contribution is -0.118. The van der Waals surface area contributed by atoms with Crippen LogP contribution in [0.15, 0.2) is 12.1 Å². The minimum Gasteiger partial charge on any atom is -0.444 e. The quantitative estimate of drug-likeness (QED) is 0.665. The summed E-state index contributed by atoms with van der Waals surface area (Å²) in [7, 11) is 0. The van der Waals surface area contributed by atoms with E-state index in [9.17, 15) is 9.59 Å². The number of anilines is 1. The first-order valence-electron chi connectivity index (χ1n) is 9.20. The molecule has 2 N–H and O–H groups in total. The highest BCUT2D eigenvalue weighted by atomic mass is 35.5. The minimum absolute atomic E-state index is 0.0585. The Hall–Kier alpha value is -1.21. The third-order valence-electron chi connectivity index (χ3n) is 4.25. The maximum absolute atomic E-state index is 12.5. The summed E-state index contributed by atoms with van der Waals surface area (Å²) < 4.78 is 5.27. The zero-order valence-corrected chi connectivity index (χ0v) is 18.5. The fourth-order valence-corrected chi connectivity index (χ4v) is 3.95. The zero-order valence-electron chi connectivity index (χ0n) is 16.3. The van der Waals surface area contributed by atoms with E-state index < -0.39 is 11.7 Å². The first-order chi connectivity index (χ1) is 13.0. The van der Waals surface area contributed by atoms with Crippen LogP contribution in [0.1, 0.15) is 40.0 Å². The van der Waals surface area contributed by atoms with E-state index in [-0.39, 0.29) is 28.5 Å². The van der Waals surface area contributed by atoms with Crippen molar-refractivity contribution in [3.8, 4) is 0 Å². The molecule has 2 amide bonds. The second kappa shape index (κ2) is 10.0. The Bertz CT molecular complexity index is 699. The number of benzene rings is 1. The zero-order chi connectivity index (χ0) is 20.9. The van der Waals surface area contributed by atoms with Crippen LogP contribution in [0.5, 0.6) is 0 Å². The lowest BCUT2D eigenvalue weighted by Gasteiger charge is -2.35. The number of nitrogens with one attached hydrogen (secondary N) is 2. The van der Waals surface area contributed by atoms with Gasteiger partial charge >= 0.3 is 6.09 Å². The number of ether oxygens (including phenoxy) is 1. The van der Waals surface area contributed by atoms with Gasteiger partial charge in [0, 0.05) is 17.6 Å². The van der Waals surface area contributed by atoms with E-state index in [0.29, 0.717) is 17.3 Å². The number of alkyl carbamates (subject to hydrolysis) is 1. The average molecular weight is 451 g/mol. The molecule has 1 heterocycles. The maximum atomic E-state index is 12.5. The lowest BCUT2D eigenvalue weighted by atomic mass is 10.0. The summed E-state index contributed by atoms with van der Waals surface area (Å²) in [5.41, 5.74) is -0.203. The largest absolute Gasteiger partial charge is 0.444 e. The lowest BCUT2D eigenvalue weighted by Crippen LogP contribution is -2.49. The van der Waals surface area contributed by atoms with Crippen LogP contribution >= 0.6 is 34.8 Å². The number of hydrogen-bond acceptors (Lipinski definition) is 4. The summed E-state index contributed by atoms with van der Waals surface area (Å²) in [5, 5.41) is 6.52. The fourth-order valence-electron chi connectivity index (χ4n) is 3.04. The second-order valence-corrected chi connectivity index (χ2v) is 9.05. The number of amides is 2. The first-order valence-corrected chi connectivity index (χ1v) is 10.3. The summed E-state index contributed by atoms with van der Waals surface area (Å²) in [6.07, 6.45) is 2.49. The van der Waals surface area contributed by atoms with Crippen LogP contribution in [0, 0.1) is 0 Å². The van der Waals surface area contributed by atoms with Gasteiger partial charge in [-0.2, -0.15) is 0 Å². The predicted octanol–water partition coefficient (Wildman–Crippen LogP) is 4.96. The van der Waals surface area contributed by atoms with Crippen LogP contribution in [0.3, 0.4) is 0 Å². The molecular weight excluding hydrogens is 425 g/mol. The molecule has 28 heavy (non-hydrogen) atoms. The van der Waals surface area contributed by atoms with Crippen LogP contribution in [-0.4, -0.2) is 48.2 Å². The van der Waals surface area contributed by atoms with Crippen molar-refractivity contribution in [1.82, 2.24) is 10.2 Å². The fraction of sp³-hybridized carbons (Fsp3) is 0.579. The Labute approximate surface area is 180 Å². The Kier molecular flexibility index (Phi) is 8.25. The summed E-state index contributed by atoms with van der Waals surface area (Å²) in [6.45, 7) is 6.82. The summed E-state index contributed by atoms with van der Waals surface area (Å²) >= 11 is 18.2. The summed E-state index contributed by atoms with van der Waals surface area (Å²) in [6, 6.07) is 3.11. The highest BCUT2D eigenvalue weighted by Crippen LogP contribution is 2.33. The summed E-state index contributed by atoms with van der Waals surface area (Å²) in [5.74, 6) is -0.227. The number of halogens is 3. The van der Waals surface area contributed by atoms with Crippen molar-refractivity contribution in [1.29, 1.82) is 0 Å². The molecule has 0 aromatic heterocycles. The number of nitrogens with zero attached hydrogens (tertiary/aromatic N) is 1. The Morgan fingerprint density at radius 2 is 1.82 bits per heavy atom. The summed E-state index contributed by atoms with van der Waals surface area (Å²) in [4.78, 5) is 26.5. The molecule has 9 heteroatoms. The number of likely N-dealkylation sites (tertiary alicyclic amines) is 1. The Morgan fingerprint density at radius 3 is 2.43 bits per heavy atom. The van der Waals surface area contributed by atoms with Crippen molar-refractivity contribution in [3.63, 3.8) is 0 Å². The van der Waals surface area contributed by atoms with Gasteiger partial charge in [0.05, 0.1) is 22.3 Å². The molecular formula is C19H26Cl3N3O3. The van der Waals surface area contributed by atoms with Crippen molar-refractivity contribution in [2.75, 3.05) is 25.0 Å². The number of carbonyl (C=O) groups excluding carboxylic acids is 2. The smallest absolute Gasteiger partial charge is 0.407 e. The van der Waals surface area contributed by atoms with Crippen molar-refractivity contribution < 1.29 is 14.3 Å². The topological polar surface area (TPSA) is 70.7 Å². The molecule has 1 aromatic rings. The van der Waals surface area contributed by atoms with Crippen LogP contribution in [0.2, 0.25) is 15.1 Å². The van der Waals surface area contributed by atoms with Gasteiger partial charge < -0.3 is 15.4 Å². The molecule has 1 atom stereocenters. The van der Waals surface area contributed by atoms with Crippen molar-refractivity contribution >= 4 is 52.5 Å². The molecule has 1 unspecified atom stereocenters. The van der Waals surface area contributed by atoms with E-state index in [2.05, 4.69) is 10.6 Å². The van der Waals surface area contributed by atoms with Crippen molar-refractivity contribution in [2.45, 2.75) is 51.7 Å². The van der Waals surface area contributed by atoms with Gasteiger partial charge in [-0.25, -0.2) is 4.79 Å². The van der Waals surface area contributed by atoms with Crippen molar-refractivity contribution in [3.05, 3.63) is 27.2 Å². The van der Waals surface area contributed by atoms with Crippen LogP contribution in [0.25, 0.3) is 0 Å². The standard InChI is InChI=1S/C19H26Cl3N3O3/c1-19(2,3)28-18(27)23-10-13-6-4-5-7-25(13)11-16(26)24-17-14(21)8-12(20)9-15(17)22/h8-9,13H,4-7,10-11H2,1-3H3,(H,23,27)(H,24,26). The molecule has 1 aliphatic rings. The van der Waals surface area contributed by atoms with Gasteiger partial charge in [0.25, 0.3) is 0 Å². The maximum Gasteiger partial charge on any atom is 0.407 e. The van der Waals surface area contributed by atoms with Gasteiger partial charge in [-0.3, -0.25) is 9.69 Å². The van der Waals surface area contributed by atoms with Gasteiger partial charge in [-0.15, -0.1) is 0 Å². The van der Waals surface area contributed by atoms with E-state index in [1.165, 1.54) is 12.1 Å². The molecule has 2 rings (SSSR count). The van der Waals surface area contributed by atoms with E-state index in [1.807, 2.05) is 25.7 Å². The first kappa shape index (κ1) is 23.1. The van der Waals surface area contributed by atoms with Crippen molar-refractivity contribution in [2.24, 2.45) is 0 Å². The van der Waals surface area contributed by atoms with E-state index in [4.69, 9.17) is 39.5 Å². The highest BCUT2D eigenvalue weighted by Gasteiger charge is 2.26.